The van der Waals surface area contributed by atoms with Gasteiger partial charge in [0.2, 0.25) is 0 Å². The molecule has 0 aromatic heterocycles. The van der Waals surface area contributed by atoms with Gasteiger partial charge in [-0.25, -0.2) is 0 Å². The molecule has 3 rings (SSSR count). The number of allylic oxidation sites excluding steroid dienone is 1. The summed E-state index contributed by atoms with van der Waals surface area (Å²) < 4.78 is 5.19. The first kappa shape index (κ1) is 22.1. The molecule has 7 nitrogen and oxygen atoms in total. The number of carbonyl (C=O) groups excluding carboxylic acids is 2. The smallest absolute Gasteiger partial charge is 0.290 e. The van der Waals surface area contributed by atoms with Gasteiger partial charge < -0.3 is 24.7 Å². The van der Waals surface area contributed by atoms with Crippen LogP contribution in [-0.4, -0.2) is 66.0 Å². The van der Waals surface area contributed by atoms with Crippen molar-refractivity contribution in [3.8, 4) is 11.5 Å². The third kappa shape index (κ3) is 4.78. The van der Waals surface area contributed by atoms with Crippen molar-refractivity contribution in [2.24, 2.45) is 0 Å². The van der Waals surface area contributed by atoms with Gasteiger partial charge in [-0.05, 0) is 43.4 Å². The minimum atomic E-state index is -0.796. The molecular formula is C24H26N2O5. The topological polar surface area (TPSA) is 90.3 Å². The van der Waals surface area contributed by atoms with Gasteiger partial charge >= 0.3 is 0 Å². The van der Waals surface area contributed by atoms with Gasteiger partial charge in [0.05, 0.1) is 18.7 Å². The SMILES string of the molecule is COc1cc(C2C(C(=O)/C=C/c3ccccc3)=C(O)C(=O)N2CCN(C)C)ccc1O. The van der Waals surface area contributed by atoms with Crippen LogP contribution in [0.4, 0.5) is 0 Å². The van der Waals surface area contributed by atoms with Crippen LogP contribution in [0.15, 0.2) is 65.9 Å². The van der Waals surface area contributed by atoms with Crippen LogP contribution in [-0.2, 0) is 9.59 Å². The molecule has 0 saturated carbocycles. The van der Waals surface area contributed by atoms with Crippen LogP contribution in [0.5, 0.6) is 11.5 Å². The summed E-state index contributed by atoms with van der Waals surface area (Å²) in [4.78, 5) is 29.3. The fourth-order valence-corrected chi connectivity index (χ4v) is 3.48. The maximum absolute atomic E-state index is 13.1. The molecule has 0 fully saturated rings. The van der Waals surface area contributed by atoms with E-state index in [1.54, 1.807) is 18.2 Å². The summed E-state index contributed by atoms with van der Waals surface area (Å²) in [5.74, 6) is -1.45. The number of aliphatic hydroxyl groups excluding tert-OH is 1. The molecule has 2 N–H and O–H groups in total. The van der Waals surface area contributed by atoms with Gasteiger partial charge in [0.1, 0.15) is 0 Å². The highest BCUT2D eigenvalue weighted by Gasteiger charge is 2.42. The maximum Gasteiger partial charge on any atom is 0.290 e. The Kier molecular flexibility index (Phi) is 6.77. The molecule has 31 heavy (non-hydrogen) atoms. The Hall–Kier alpha value is -3.58. The quantitative estimate of drug-likeness (QED) is 0.636. The highest BCUT2D eigenvalue weighted by molar-refractivity contribution is 6.14. The average Bonchev–Trinajstić information content (AvgIpc) is 3.02. The van der Waals surface area contributed by atoms with E-state index in [9.17, 15) is 19.8 Å². The number of phenolic OH excluding ortho intramolecular Hbond substituents is 1. The summed E-state index contributed by atoms with van der Waals surface area (Å²) in [6.07, 6.45) is 3.00. The molecule has 1 amide bonds. The number of methoxy groups -OCH3 is 1. The number of hydrogen-bond acceptors (Lipinski definition) is 6. The van der Waals surface area contributed by atoms with Crippen LogP contribution in [0, 0.1) is 0 Å². The summed E-state index contributed by atoms with van der Waals surface area (Å²) in [6, 6.07) is 13.1. The average molecular weight is 422 g/mol. The lowest BCUT2D eigenvalue weighted by molar-refractivity contribution is -0.129. The number of phenols is 1. The molecule has 0 spiro atoms. The molecule has 0 saturated heterocycles. The zero-order valence-corrected chi connectivity index (χ0v) is 17.8. The van der Waals surface area contributed by atoms with Gasteiger partial charge in [-0.15, -0.1) is 0 Å². The van der Waals surface area contributed by atoms with Crippen molar-refractivity contribution in [1.82, 2.24) is 9.80 Å². The molecule has 2 aromatic rings. The molecule has 1 heterocycles. The van der Waals surface area contributed by atoms with E-state index in [0.29, 0.717) is 18.7 Å². The minimum Gasteiger partial charge on any atom is -0.504 e. The number of likely N-dealkylation sites (N-methyl/N-ethyl adjacent to an activating group) is 1. The summed E-state index contributed by atoms with van der Waals surface area (Å²) in [7, 11) is 5.17. The highest BCUT2D eigenvalue weighted by Crippen LogP contribution is 2.40. The van der Waals surface area contributed by atoms with Gasteiger partial charge in [-0.3, -0.25) is 9.59 Å². The summed E-state index contributed by atoms with van der Waals surface area (Å²) in [6.45, 7) is 0.856. The van der Waals surface area contributed by atoms with Crippen molar-refractivity contribution in [1.29, 1.82) is 0 Å². The van der Waals surface area contributed by atoms with E-state index < -0.39 is 23.5 Å². The Balaban J connectivity index is 2.02. The first-order chi connectivity index (χ1) is 14.8. The van der Waals surface area contributed by atoms with E-state index in [0.717, 1.165) is 5.56 Å². The van der Waals surface area contributed by atoms with E-state index in [1.165, 1.54) is 24.2 Å². The third-order valence-electron chi connectivity index (χ3n) is 5.10. The van der Waals surface area contributed by atoms with E-state index >= 15 is 0 Å². The molecule has 0 radical (unpaired) electrons. The van der Waals surface area contributed by atoms with Gasteiger partial charge in [0.25, 0.3) is 5.91 Å². The first-order valence-corrected chi connectivity index (χ1v) is 9.86. The maximum atomic E-state index is 13.1. The Morgan fingerprint density at radius 3 is 2.52 bits per heavy atom. The Bertz CT molecular complexity index is 1030. The summed E-state index contributed by atoms with van der Waals surface area (Å²) in [5, 5.41) is 20.6. The van der Waals surface area contributed by atoms with Crippen LogP contribution in [0.3, 0.4) is 0 Å². The number of nitrogens with zero attached hydrogens (tertiary/aromatic N) is 2. The van der Waals surface area contributed by atoms with E-state index in [2.05, 4.69) is 0 Å². The number of benzene rings is 2. The van der Waals surface area contributed by atoms with Gasteiger partial charge in [0, 0.05) is 13.1 Å². The van der Waals surface area contributed by atoms with Gasteiger partial charge in [-0.1, -0.05) is 42.5 Å². The zero-order chi connectivity index (χ0) is 22.5. The number of amides is 1. The van der Waals surface area contributed by atoms with Crippen LogP contribution >= 0.6 is 0 Å². The lowest BCUT2D eigenvalue weighted by Gasteiger charge is -2.28. The number of hydrogen-bond donors (Lipinski definition) is 2. The normalized spacial score (nSPS) is 16.6. The monoisotopic (exact) mass is 422 g/mol. The van der Waals surface area contributed by atoms with Crippen LogP contribution < -0.4 is 4.74 Å². The number of aliphatic hydroxyl groups is 1. The lowest BCUT2D eigenvalue weighted by atomic mass is 9.95. The molecule has 1 atom stereocenters. The number of ether oxygens (including phenoxy) is 1. The van der Waals surface area contributed by atoms with E-state index in [-0.39, 0.29) is 17.1 Å². The highest BCUT2D eigenvalue weighted by atomic mass is 16.5. The number of aromatic hydroxyl groups is 1. The molecule has 2 aromatic carbocycles. The fraction of sp³-hybridized carbons (Fsp3) is 0.250. The van der Waals surface area contributed by atoms with Crippen molar-refractivity contribution >= 4 is 17.8 Å². The third-order valence-corrected chi connectivity index (χ3v) is 5.10. The van der Waals surface area contributed by atoms with Gasteiger partial charge in [0.15, 0.2) is 23.0 Å². The molecule has 0 aliphatic carbocycles. The second-order valence-electron chi connectivity index (χ2n) is 7.51. The second-order valence-corrected chi connectivity index (χ2v) is 7.51. The largest absolute Gasteiger partial charge is 0.504 e. The Morgan fingerprint density at radius 1 is 1.16 bits per heavy atom. The summed E-state index contributed by atoms with van der Waals surface area (Å²) in [5.41, 5.74) is 1.39. The summed E-state index contributed by atoms with van der Waals surface area (Å²) >= 11 is 0. The molecular weight excluding hydrogens is 396 g/mol. The standard InChI is InChI=1S/C24H26N2O5/c1-25(2)13-14-26-22(17-10-12-18(27)20(15-17)31-3)21(23(29)24(26)30)19(28)11-9-16-7-5-4-6-8-16/h4-12,15,22,27,29H,13-14H2,1-3H3/b11-9+. The second kappa shape index (κ2) is 9.49. The molecule has 7 heteroatoms. The molecule has 0 bridgehead atoms. The molecule has 1 unspecified atom stereocenters. The zero-order valence-electron chi connectivity index (χ0n) is 17.8. The van der Waals surface area contributed by atoms with Crippen molar-refractivity contribution in [2.75, 3.05) is 34.3 Å². The molecule has 1 aliphatic heterocycles. The Labute approximate surface area is 181 Å². The van der Waals surface area contributed by atoms with Gasteiger partial charge in [-0.2, -0.15) is 0 Å². The van der Waals surface area contributed by atoms with Crippen LogP contribution in [0.25, 0.3) is 6.08 Å². The number of rotatable bonds is 8. The lowest BCUT2D eigenvalue weighted by Crippen LogP contribution is -2.36. The van der Waals surface area contributed by atoms with E-state index in [1.807, 2.05) is 49.3 Å². The predicted octanol–water partition coefficient (Wildman–Crippen LogP) is 2.94. The Morgan fingerprint density at radius 2 is 1.87 bits per heavy atom. The van der Waals surface area contributed by atoms with Crippen LogP contribution in [0.1, 0.15) is 17.2 Å². The van der Waals surface area contributed by atoms with Crippen LogP contribution in [0.2, 0.25) is 0 Å². The predicted molar refractivity (Wildman–Crippen MR) is 118 cm³/mol. The molecule has 1 aliphatic rings. The van der Waals surface area contributed by atoms with Crippen molar-refractivity contribution in [3.05, 3.63) is 77.1 Å². The number of carbonyl (C=O) groups is 2. The molecule has 162 valence electrons. The van der Waals surface area contributed by atoms with Crippen molar-refractivity contribution in [2.45, 2.75) is 6.04 Å². The number of ketones is 1. The van der Waals surface area contributed by atoms with Crippen molar-refractivity contribution < 1.29 is 24.5 Å². The minimum absolute atomic E-state index is 0.00341. The van der Waals surface area contributed by atoms with Crippen molar-refractivity contribution in [3.63, 3.8) is 0 Å². The van der Waals surface area contributed by atoms with E-state index in [4.69, 9.17) is 4.74 Å². The first-order valence-electron chi connectivity index (χ1n) is 9.86. The fourth-order valence-electron chi connectivity index (χ4n) is 3.48.